The van der Waals surface area contributed by atoms with Crippen molar-refractivity contribution in [3.05, 3.63) is 17.5 Å². The van der Waals surface area contributed by atoms with Crippen LogP contribution in [0.3, 0.4) is 0 Å². The first-order valence-corrected chi connectivity index (χ1v) is 10.6. The van der Waals surface area contributed by atoms with Crippen LogP contribution in [0.25, 0.3) is 0 Å². The van der Waals surface area contributed by atoms with E-state index in [1.165, 1.54) is 0 Å². The largest absolute Gasteiger partial charge is 0.376 e. The summed E-state index contributed by atoms with van der Waals surface area (Å²) in [5.74, 6) is 1.33. The van der Waals surface area contributed by atoms with Gasteiger partial charge >= 0.3 is 0 Å². The van der Waals surface area contributed by atoms with Gasteiger partial charge in [-0.1, -0.05) is 19.0 Å². The number of aromatic nitrogens is 1. The van der Waals surface area contributed by atoms with Crippen LogP contribution < -0.4 is 5.32 Å². The predicted molar refractivity (Wildman–Crippen MR) is 105 cm³/mol. The Labute approximate surface area is 167 Å². The molecule has 0 saturated carbocycles. The maximum atomic E-state index is 12.6. The van der Waals surface area contributed by atoms with Crippen LogP contribution in [0.15, 0.2) is 10.6 Å². The summed E-state index contributed by atoms with van der Waals surface area (Å²) in [6.45, 7) is 7.09. The van der Waals surface area contributed by atoms with E-state index in [1.54, 1.807) is 6.07 Å². The Morgan fingerprint density at radius 3 is 2.75 bits per heavy atom. The molecule has 1 atom stereocenters. The summed E-state index contributed by atoms with van der Waals surface area (Å²) in [5.41, 5.74) is 0.835. The van der Waals surface area contributed by atoms with Crippen LogP contribution in [0.4, 0.5) is 0 Å². The van der Waals surface area contributed by atoms with Gasteiger partial charge in [0.1, 0.15) is 0 Å². The lowest BCUT2D eigenvalue weighted by molar-refractivity contribution is -0.122. The summed E-state index contributed by atoms with van der Waals surface area (Å²) in [5, 5.41) is 6.99. The van der Waals surface area contributed by atoms with E-state index < -0.39 is 0 Å². The van der Waals surface area contributed by atoms with Crippen molar-refractivity contribution in [2.75, 3.05) is 26.2 Å². The van der Waals surface area contributed by atoms with Gasteiger partial charge in [0.05, 0.1) is 11.8 Å². The number of amides is 2. The topological polar surface area (TPSA) is 84.7 Å². The standard InChI is InChI=1S/C21H33N3O4/c1-15(2)12-17-13-19(28-23-17)21(26)24-9-7-16(8-10-24)5-6-20(25)22-14-18-4-3-11-27-18/h13,15-16,18H,3-12,14H2,1-2H3,(H,22,25)/t18-/m1/s1. The highest BCUT2D eigenvalue weighted by Gasteiger charge is 2.26. The van der Waals surface area contributed by atoms with E-state index in [2.05, 4.69) is 24.3 Å². The molecule has 0 spiro atoms. The second-order valence-corrected chi connectivity index (χ2v) is 8.49. The third kappa shape index (κ3) is 6.06. The number of hydrogen-bond donors (Lipinski definition) is 1. The van der Waals surface area contributed by atoms with Crippen LogP contribution in [0.2, 0.25) is 0 Å². The van der Waals surface area contributed by atoms with Crippen molar-refractivity contribution in [3.63, 3.8) is 0 Å². The van der Waals surface area contributed by atoms with Crippen LogP contribution in [0.5, 0.6) is 0 Å². The SMILES string of the molecule is CC(C)Cc1cc(C(=O)N2CCC(CCC(=O)NC[C@H]3CCCO3)CC2)on1. The van der Waals surface area contributed by atoms with Gasteiger partial charge in [-0.05, 0) is 50.4 Å². The lowest BCUT2D eigenvalue weighted by Gasteiger charge is -2.31. The summed E-state index contributed by atoms with van der Waals surface area (Å²) >= 11 is 0. The molecule has 156 valence electrons. The van der Waals surface area contributed by atoms with Crippen molar-refractivity contribution in [1.29, 1.82) is 0 Å². The molecule has 3 rings (SSSR count). The molecule has 1 aromatic heterocycles. The van der Waals surface area contributed by atoms with E-state index in [-0.39, 0.29) is 17.9 Å². The molecular formula is C21H33N3O4. The van der Waals surface area contributed by atoms with Gasteiger partial charge in [-0.3, -0.25) is 9.59 Å². The Balaban J connectivity index is 1.35. The van der Waals surface area contributed by atoms with Gasteiger partial charge in [0.2, 0.25) is 11.7 Å². The Morgan fingerprint density at radius 1 is 1.29 bits per heavy atom. The third-order valence-electron chi connectivity index (χ3n) is 5.62. The fourth-order valence-electron chi connectivity index (χ4n) is 3.96. The van der Waals surface area contributed by atoms with Gasteiger partial charge in [0.15, 0.2) is 0 Å². The molecule has 0 aromatic carbocycles. The Hall–Kier alpha value is -1.89. The molecule has 7 heteroatoms. The minimum absolute atomic E-state index is 0.0738. The van der Waals surface area contributed by atoms with Crippen LogP contribution in [-0.2, 0) is 16.0 Å². The number of likely N-dealkylation sites (tertiary alicyclic amines) is 1. The molecule has 0 unspecified atom stereocenters. The average molecular weight is 392 g/mol. The highest BCUT2D eigenvalue weighted by atomic mass is 16.5. The van der Waals surface area contributed by atoms with E-state index in [4.69, 9.17) is 9.26 Å². The molecule has 2 fully saturated rings. The zero-order valence-electron chi connectivity index (χ0n) is 17.1. The number of piperidine rings is 1. The van der Waals surface area contributed by atoms with Gasteiger partial charge in [0, 0.05) is 38.7 Å². The second-order valence-electron chi connectivity index (χ2n) is 8.49. The minimum atomic E-state index is -0.0738. The Bertz CT molecular complexity index is 644. The van der Waals surface area contributed by atoms with E-state index >= 15 is 0 Å². The summed E-state index contributed by atoms with van der Waals surface area (Å²) in [7, 11) is 0. The summed E-state index contributed by atoms with van der Waals surface area (Å²) in [6.07, 6.45) is 6.41. The maximum Gasteiger partial charge on any atom is 0.292 e. The van der Waals surface area contributed by atoms with Crippen LogP contribution in [-0.4, -0.2) is 54.2 Å². The van der Waals surface area contributed by atoms with Crippen LogP contribution >= 0.6 is 0 Å². The molecule has 2 aliphatic rings. The van der Waals surface area contributed by atoms with Gasteiger partial charge < -0.3 is 19.5 Å². The number of rotatable bonds is 8. The van der Waals surface area contributed by atoms with E-state index in [9.17, 15) is 9.59 Å². The van der Waals surface area contributed by atoms with Crippen molar-refractivity contribution in [1.82, 2.24) is 15.4 Å². The van der Waals surface area contributed by atoms with Gasteiger partial charge in [-0.2, -0.15) is 0 Å². The monoisotopic (exact) mass is 391 g/mol. The molecule has 1 N–H and O–H groups in total. The number of hydrogen-bond acceptors (Lipinski definition) is 5. The molecule has 7 nitrogen and oxygen atoms in total. The molecule has 2 saturated heterocycles. The quantitative estimate of drug-likeness (QED) is 0.737. The fourth-order valence-corrected chi connectivity index (χ4v) is 3.96. The molecule has 28 heavy (non-hydrogen) atoms. The Kier molecular flexibility index (Phi) is 7.48. The zero-order valence-corrected chi connectivity index (χ0v) is 17.1. The highest BCUT2D eigenvalue weighted by Crippen LogP contribution is 2.23. The molecule has 0 bridgehead atoms. The van der Waals surface area contributed by atoms with Crippen LogP contribution in [0, 0.1) is 11.8 Å². The molecule has 0 aliphatic carbocycles. The van der Waals surface area contributed by atoms with Crippen molar-refractivity contribution >= 4 is 11.8 Å². The number of nitrogens with one attached hydrogen (secondary N) is 1. The maximum absolute atomic E-state index is 12.6. The van der Waals surface area contributed by atoms with Crippen molar-refractivity contribution < 1.29 is 18.8 Å². The van der Waals surface area contributed by atoms with Crippen molar-refractivity contribution in [3.8, 4) is 0 Å². The number of carbonyl (C=O) groups is 2. The number of carbonyl (C=O) groups excluding carboxylic acids is 2. The first-order valence-electron chi connectivity index (χ1n) is 10.6. The van der Waals surface area contributed by atoms with Crippen molar-refractivity contribution in [2.24, 2.45) is 11.8 Å². The van der Waals surface area contributed by atoms with Gasteiger partial charge in [0.25, 0.3) is 5.91 Å². The van der Waals surface area contributed by atoms with E-state index in [0.717, 1.165) is 50.8 Å². The smallest absolute Gasteiger partial charge is 0.292 e. The van der Waals surface area contributed by atoms with E-state index in [0.29, 0.717) is 43.7 Å². The summed E-state index contributed by atoms with van der Waals surface area (Å²) in [4.78, 5) is 26.5. The summed E-state index contributed by atoms with van der Waals surface area (Å²) in [6, 6.07) is 1.77. The zero-order chi connectivity index (χ0) is 19.9. The second kappa shape index (κ2) is 10.0. The lowest BCUT2D eigenvalue weighted by atomic mass is 9.92. The normalized spacial score (nSPS) is 20.7. The molecule has 2 amide bonds. The van der Waals surface area contributed by atoms with Gasteiger partial charge in [-0.25, -0.2) is 0 Å². The average Bonchev–Trinajstić information content (AvgIpc) is 3.36. The first-order chi connectivity index (χ1) is 13.5. The molecular weight excluding hydrogens is 358 g/mol. The third-order valence-corrected chi connectivity index (χ3v) is 5.62. The van der Waals surface area contributed by atoms with Crippen LogP contribution in [0.1, 0.15) is 68.6 Å². The highest BCUT2D eigenvalue weighted by molar-refractivity contribution is 5.91. The number of nitrogens with zero attached hydrogens (tertiary/aromatic N) is 2. The summed E-state index contributed by atoms with van der Waals surface area (Å²) < 4.78 is 10.8. The molecule has 0 radical (unpaired) electrons. The van der Waals surface area contributed by atoms with Crippen molar-refractivity contribution in [2.45, 2.75) is 64.9 Å². The van der Waals surface area contributed by atoms with Gasteiger partial charge in [-0.15, -0.1) is 0 Å². The predicted octanol–water partition coefficient (Wildman–Crippen LogP) is 2.80. The number of ether oxygens (including phenoxy) is 1. The fraction of sp³-hybridized carbons (Fsp3) is 0.762. The Morgan fingerprint density at radius 2 is 2.07 bits per heavy atom. The lowest BCUT2D eigenvalue weighted by Crippen LogP contribution is -2.38. The first kappa shape index (κ1) is 20.8. The molecule has 2 aliphatic heterocycles. The molecule has 1 aromatic rings. The minimum Gasteiger partial charge on any atom is -0.376 e. The van der Waals surface area contributed by atoms with E-state index in [1.807, 2.05) is 4.90 Å². The molecule has 3 heterocycles.